The van der Waals surface area contributed by atoms with Crippen LogP contribution in [0.5, 0.6) is 0 Å². The van der Waals surface area contributed by atoms with Crippen LogP contribution in [0.2, 0.25) is 0 Å². The highest BCUT2D eigenvalue weighted by Crippen LogP contribution is 2.33. The van der Waals surface area contributed by atoms with Crippen molar-refractivity contribution in [2.45, 2.75) is 64.5 Å². The number of rotatable bonds is 7. The summed E-state index contributed by atoms with van der Waals surface area (Å²) in [6, 6.07) is 0. The van der Waals surface area contributed by atoms with Crippen LogP contribution in [0.3, 0.4) is 0 Å². The lowest BCUT2D eigenvalue weighted by Crippen LogP contribution is -2.56. The molecule has 1 aliphatic carbocycles. The third-order valence-electron chi connectivity index (χ3n) is 4.86. The zero-order valence-electron chi connectivity index (χ0n) is 13.1. The highest BCUT2D eigenvalue weighted by atomic mass is 15.2. The minimum Gasteiger partial charge on any atom is -0.334 e. The van der Waals surface area contributed by atoms with Gasteiger partial charge in [-0.25, -0.2) is 4.98 Å². The SMILES string of the molecule is CCCN(CCn1ccnc1C)C1(CN)CCCCC1. The molecule has 0 spiro atoms. The Bertz CT molecular complexity index is 393. The van der Waals surface area contributed by atoms with Crippen LogP contribution in [0, 0.1) is 6.92 Å². The van der Waals surface area contributed by atoms with Gasteiger partial charge >= 0.3 is 0 Å². The maximum atomic E-state index is 6.19. The second kappa shape index (κ2) is 7.23. The number of aryl methyl sites for hydroxylation is 1. The average molecular weight is 278 g/mol. The van der Waals surface area contributed by atoms with Gasteiger partial charge in [-0.1, -0.05) is 26.2 Å². The van der Waals surface area contributed by atoms with Gasteiger partial charge in [0, 0.05) is 37.6 Å². The van der Waals surface area contributed by atoms with E-state index in [2.05, 4.69) is 34.5 Å². The van der Waals surface area contributed by atoms with Gasteiger partial charge in [-0.05, 0) is 32.7 Å². The molecule has 4 heteroatoms. The number of hydrogen-bond donors (Lipinski definition) is 1. The Balaban J connectivity index is 2.03. The first-order chi connectivity index (χ1) is 9.72. The predicted molar refractivity (Wildman–Crippen MR) is 83.7 cm³/mol. The van der Waals surface area contributed by atoms with Gasteiger partial charge in [0.1, 0.15) is 5.82 Å². The van der Waals surface area contributed by atoms with Crippen LogP contribution in [0.25, 0.3) is 0 Å². The number of nitrogens with two attached hydrogens (primary N) is 1. The zero-order valence-corrected chi connectivity index (χ0v) is 13.1. The van der Waals surface area contributed by atoms with Crippen molar-refractivity contribution in [3.05, 3.63) is 18.2 Å². The molecule has 0 aliphatic heterocycles. The Morgan fingerprint density at radius 3 is 2.60 bits per heavy atom. The summed E-state index contributed by atoms with van der Waals surface area (Å²) < 4.78 is 2.25. The van der Waals surface area contributed by atoms with Gasteiger partial charge in [-0.3, -0.25) is 4.90 Å². The summed E-state index contributed by atoms with van der Waals surface area (Å²) in [5.74, 6) is 1.10. The zero-order chi connectivity index (χ0) is 14.4. The highest BCUT2D eigenvalue weighted by molar-refractivity contribution is 4.95. The van der Waals surface area contributed by atoms with E-state index in [0.29, 0.717) is 0 Å². The van der Waals surface area contributed by atoms with E-state index < -0.39 is 0 Å². The molecule has 4 nitrogen and oxygen atoms in total. The molecule has 0 radical (unpaired) electrons. The summed E-state index contributed by atoms with van der Waals surface area (Å²) in [6.45, 7) is 8.41. The van der Waals surface area contributed by atoms with E-state index in [1.165, 1.54) is 38.5 Å². The molecular weight excluding hydrogens is 248 g/mol. The van der Waals surface area contributed by atoms with E-state index in [9.17, 15) is 0 Å². The third-order valence-corrected chi connectivity index (χ3v) is 4.86. The molecule has 1 aromatic heterocycles. The van der Waals surface area contributed by atoms with Gasteiger partial charge in [0.05, 0.1) is 0 Å². The second-order valence-corrected chi connectivity index (χ2v) is 6.14. The van der Waals surface area contributed by atoms with Crippen molar-refractivity contribution >= 4 is 0 Å². The Hall–Kier alpha value is -0.870. The van der Waals surface area contributed by atoms with Gasteiger partial charge < -0.3 is 10.3 Å². The molecule has 1 heterocycles. The van der Waals surface area contributed by atoms with Crippen LogP contribution >= 0.6 is 0 Å². The average Bonchev–Trinajstić information content (AvgIpc) is 2.89. The van der Waals surface area contributed by atoms with Gasteiger partial charge in [0.2, 0.25) is 0 Å². The van der Waals surface area contributed by atoms with Crippen molar-refractivity contribution in [3.8, 4) is 0 Å². The summed E-state index contributed by atoms with van der Waals surface area (Å²) in [5, 5.41) is 0. The monoisotopic (exact) mass is 278 g/mol. The lowest BCUT2D eigenvalue weighted by atomic mass is 9.80. The molecule has 0 unspecified atom stereocenters. The highest BCUT2D eigenvalue weighted by Gasteiger charge is 2.35. The van der Waals surface area contributed by atoms with Crippen molar-refractivity contribution in [1.29, 1.82) is 0 Å². The van der Waals surface area contributed by atoms with E-state index in [0.717, 1.165) is 32.0 Å². The van der Waals surface area contributed by atoms with Crippen molar-refractivity contribution in [3.63, 3.8) is 0 Å². The number of nitrogens with zero attached hydrogens (tertiary/aromatic N) is 3. The number of hydrogen-bond acceptors (Lipinski definition) is 3. The van der Waals surface area contributed by atoms with Crippen molar-refractivity contribution < 1.29 is 0 Å². The summed E-state index contributed by atoms with van der Waals surface area (Å²) in [5.41, 5.74) is 6.44. The van der Waals surface area contributed by atoms with E-state index >= 15 is 0 Å². The molecule has 2 rings (SSSR count). The molecule has 0 saturated heterocycles. The minimum atomic E-state index is 0.253. The fourth-order valence-corrected chi connectivity index (χ4v) is 3.58. The Labute approximate surface area is 123 Å². The molecular formula is C16H30N4. The molecule has 1 saturated carbocycles. The largest absolute Gasteiger partial charge is 0.334 e. The van der Waals surface area contributed by atoms with Crippen molar-refractivity contribution in [1.82, 2.24) is 14.5 Å². The molecule has 1 aromatic rings. The minimum absolute atomic E-state index is 0.253. The smallest absolute Gasteiger partial charge is 0.105 e. The number of aromatic nitrogens is 2. The Kier molecular flexibility index (Phi) is 5.61. The molecule has 1 fully saturated rings. The van der Waals surface area contributed by atoms with E-state index in [1.807, 2.05) is 6.20 Å². The lowest BCUT2D eigenvalue weighted by Gasteiger charge is -2.46. The third kappa shape index (κ3) is 3.41. The Morgan fingerprint density at radius 1 is 1.30 bits per heavy atom. The van der Waals surface area contributed by atoms with Gasteiger partial charge in [0.15, 0.2) is 0 Å². The molecule has 1 aliphatic rings. The number of imidazole rings is 1. The quantitative estimate of drug-likeness (QED) is 0.834. The van der Waals surface area contributed by atoms with Gasteiger partial charge in [0.25, 0.3) is 0 Å². The van der Waals surface area contributed by atoms with E-state index in [4.69, 9.17) is 5.73 Å². The second-order valence-electron chi connectivity index (χ2n) is 6.14. The van der Waals surface area contributed by atoms with Crippen molar-refractivity contribution in [2.24, 2.45) is 5.73 Å². The summed E-state index contributed by atoms with van der Waals surface area (Å²) >= 11 is 0. The topological polar surface area (TPSA) is 47.1 Å². The Morgan fingerprint density at radius 2 is 2.05 bits per heavy atom. The van der Waals surface area contributed by atoms with Gasteiger partial charge in [-0.15, -0.1) is 0 Å². The van der Waals surface area contributed by atoms with E-state index in [-0.39, 0.29) is 5.54 Å². The molecule has 0 aromatic carbocycles. The first-order valence-electron chi connectivity index (χ1n) is 8.15. The summed E-state index contributed by atoms with van der Waals surface area (Å²) in [6.07, 6.45) is 11.8. The maximum absolute atomic E-state index is 6.19. The maximum Gasteiger partial charge on any atom is 0.105 e. The first-order valence-corrected chi connectivity index (χ1v) is 8.15. The van der Waals surface area contributed by atoms with Crippen LogP contribution < -0.4 is 5.73 Å². The molecule has 2 N–H and O–H groups in total. The lowest BCUT2D eigenvalue weighted by molar-refractivity contribution is 0.0533. The van der Waals surface area contributed by atoms with Gasteiger partial charge in [-0.2, -0.15) is 0 Å². The normalized spacial score (nSPS) is 18.6. The fraction of sp³-hybridized carbons (Fsp3) is 0.812. The van der Waals surface area contributed by atoms with E-state index in [1.54, 1.807) is 0 Å². The van der Waals surface area contributed by atoms with Crippen LogP contribution in [0.15, 0.2) is 12.4 Å². The molecule has 0 amide bonds. The molecule has 114 valence electrons. The fourth-order valence-electron chi connectivity index (χ4n) is 3.58. The van der Waals surface area contributed by atoms with Crippen LogP contribution in [-0.4, -0.2) is 39.6 Å². The summed E-state index contributed by atoms with van der Waals surface area (Å²) in [7, 11) is 0. The predicted octanol–water partition coefficient (Wildman–Crippen LogP) is 2.57. The standard InChI is InChI=1S/C16H30N4/c1-3-10-20(13-12-19-11-9-18-15(19)2)16(14-17)7-5-4-6-8-16/h9,11H,3-8,10,12-14,17H2,1-2H3. The molecule has 0 bridgehead atoms. The first kappa shape index (κ1) is 15.5. The molecule has 0 atom stereocenters. The van der Waals surface area contributed by atoms with Crippen molar-refractivity contribution in [2.75, 3.05) is 19.6 Å². The van der Waals surface area contributed by atoms with Crippen LogP contribution in [-0.2, 0) is 6.54 Å². The summed E-state index contributed by atoms with van der Waals surface area (Å²) in [4.78, 5) is 6.97. The van der Waals surface area contributed by atoms with Crippen LogP contribution in [0.4, 0.5) is 0 Å². The van der Waals surface area contributed by atoms with Crippen LogP contribution in [0.1, 0.15) is 51.3 Å². The molecule has 20 heavy (non-hydrogen) atoms.